The first-order valence-corrected chi connectivity index (χ1v) is 8.88. The van der Waals surface area contributed by atoms with Crippen molar-refractivity contribution in [1.82, 2.24) is 4.98 Å². The first kappa shape index (κ1) is 16.4. The second-order valence-corrected chi connectivity index (χ2v) is 6.41. The second-order valence-electron chi connectivity index (χ2n) is 6.41. The molecule has 0 bridgehead atoms. The van der Waals surface area contributed by atoms with Gasteiger partial charge in [-0.2, -0.15) is 0 Å². The van der Waals surface area contributed by atoms with Crippen molar-refractivity contribution in [3.05, 3.63) is 69.5 Å². The number of anilines is 1. The van der Waals surface area contributed by atoms with Crippen molar-refractivity contribution in [3.63, 3.8) is 0 Å². The van der Waals surface area contributed by atoms with Crippen molar-refractivity contribution in [2.75, 3.05) is 11.9 Å². The molecule has 0 aliphatic heterocycles. The van der Waals surface area contributed by atoms with Gasteiger partial charge in [0.05, 0.1) is 17.7 Å². The van der Waals surface area contributed by atoms with Gasteiger partial charge in [0.15, 0.2) is 0 Å². The predicted molar refractivity (Wildman–Crippen MR) is 102 cm³/mol. The summed E-state index contributed by atoms with van der Waals surface area (Å²) in [5.74, 6) is 0.316. The summed E-state index contributed by atoms with van der Waals surface area (Å²) < 4.78 is 5.52. The zero-order valence-corrected chi connectivity index (χ0v) is 14.6. The average Bonchev–Trinajstić information content (AvgIpc) is 3.13. The number of hydrogen-bond donors (Lipinski definition) is 2. The summed E-state index contributed by atoms with van der Waals surface area (Å²) in [6.45, 7) is 2.37. The maximum atomic E-state index is 12.6. The number of ether oxygens (including phenoxy) is 1. The fourth-order valence-electron chi connectivity index (χ4n) is 3.61. The third-order valence-electron chi connectivity index (χ3n) is 4.77. The van der Waals surface area contributed by atoms with E-state index in [1.165, 1.54) is 0 Å². The van der Waals surface area contributed by atoms with Crippen LogP contribution in [0.2, 0.25) is 0 Å². The summed E-state index contributed by atoms with van der Waals surface area (Å²) in [7, 11) is 0. The number of carbonyl (C=O) groups is 1. The number of aromatic nitrogens is 1. The van der Waals surface area contributed by atoms with Gasteiger partial charge >= 0.3 is 0 Å². The molecule has 5 nitrogen and oxygen atoms in total. The highest BCUT2D eigenvalue weighted by molar-refractivity contribution is 6.07. The van der Waals surface area contributed by atoms with Gasteiger partial charge in [-0.15, -0.1) is 0 Å². The van der Waals surface area contributed by atoms with E-state index < -0.39 is 0 Å². The fraction of sp³-hybridized carbons (Fsp3) is 0.238. The van der Waals surface area contributed by atoms with E-state index in [0.717, 1.165) is 41.3 Å². The molecule has 0 saturated heterocycles. The Hall–Kier alpha value is -3.08. The van der Waals surface area contributed by atoms with Crippen LogP contribution in [0.25, 0.3) is 10.9 Å². The van der Waals surface area contributed by atoms with Gasteiger partial charge < -0.3 is 15.0 Å². The highest BCUT2D eigenvalue weighted by atomic mass is 16.5. The van der Waals surface area contributed by atoms with E-state index in [4.69, 9.17) is 4.74 Å². The molecule has 1 aliphatic carbocycles. The molecule has 3 aromatic rings. The fourth-order valence-corrected chi connectivity index (χ4v) is 3.61. The summed E-state index contributed by atoms with van der Waals surface area (Å²) >= 11 is 0. The third-order valence-corrected chi connectivity index (χ3v) is 4.77. The molecule has 0 saturated carbocycles. The third kappa shape index (κ3) is 2.86. The van der Waals surface area contributed by atoms with Crippen LogP contribution >= 0.6 is 0 Å². The van der Waals surface area contributed by atoms with Crippen molar-refractivity contribution in [1.29, 1.82) is 0 Å². The van der Waals surface area contributed by atoms with Crippen LogP contribution in [-0.4, -0.2) is 17.5 Å². The number of fused-ring (bicyclic) bond motifs is 3. The van der Waals surface area contributed by atoms with Crippen LogP contribution in [0.15, 0.2) is 47.3 Å². The molecule has 0 unspecified atom stereocenters. The molecule has 0 fully saturated rings. The second kappa shape index (κ2) is 6.67. The first-order valence-electron chi connectivity index (χ1n) is 8.88. The van der Waals surface area contributed by atoms with Crippen molar-refractivity contribution < 1.29 is 9.53 Å². The van der Waals surface area contributed by atoms with E-state index >= 15 is 0 Å². The number of amides is 1. The van der Waals surface area contributed by atoms with Crippen LogP contribution in [-0.2, 0) is 12.8 Å². The van der Waals surface area contributed by atoms with Crippen LogP contribution in [0, 0.1) is 0 Å². The Kier molecular flexibility index (Phi) is 4.21. The molecule has 0 spiro atoms. The molecular formula is C21H20N2O3. The SMILES string of the molecule is CCOc1ccccc1C(=O)Nc1ccc2c3c(c(=O)[nH]c2c1)CCC3. The maximum absolute atomic E-state index is 12.6. The van der Waals surface area contributed by atoms with Crippen molar-refractivity contribution in [2.24, 2.45) is 0 Å². The highest BCUT2D eigenvalue weighted by Gasteiger charge is 2.18. The summed E-state index contributed by atoms with van der Waals surface area (Å²) in [6, 6.07) is 12.8. The molecule has 1 amide bonds. The molecule has 26 heavy (non-hydrogen) atoms. The largest absolute Gasteiger partial charge is 0.493 e. The van der Waals surface area contributed by atoms with Crippen LogP contribution < -0.4 is 15.6 Å². The van der Waals surface area contributed by atoms with Gasteiger partial charge in [0, 0.05) is 16.6 Å². The summed E-state index contributed by atoms with van der Waals surface area (Å²) in [6.07, 6.45) is 2.79. The van der Waals surface area contributed by atoms with Crippen molar-refractivity contribution in [2.45, 2.75) is 26.2 Å². The Morgan fingerprint density at radius 1 is 1.15 bits per heavy atom. The van der Waals surface area contributed by atoms with Crippen molar-refractivity contribution >= 4 is 22.5 Å². The standard InChI is InChI=1S/C21H20N2O3/c1-2-26-19-9-4-3-6-17(19)21(25)22-13-10-11-15-14-7-5-8-16(14)20(24)23-18(15)12-13/h3-4,6,9-12H,2,5,7-8H2,1H3,(H,22,25)(H,23,24). The van der Waals surface area contributed by atoms with E-state index in [0.29, 0.717) is 23.6 Å². The Morgan fingerprint density at radius 3 is 2.81 bits per heavy atom. The summed E-state index contributed by atoms with van der Waals surface area (Å²) in [4.78, 5) is 27.8. The van der Waals surface area contributed by atoms with Crippen LogP contribution in [0.4, 0.5) is 5.69 Å². The number of carbonyl (C=O) groups excluding carboxylic acids is 1. The summed E-state index contributed by atoms with van der Waals surface area (Å²) in [5, 5.41) is 3.96. The highest BCUT2D eigenvalue weighted by Crippen LogP contribution is 2.28. The van der Waals surface area contributed by atoms with Gasteiger partial charge in [-0.1, -0.05) is 18.2 Å². The quantitative estimate of drug-likeness (QED) is 0.756. The predicted octanol–water partition coefficient (Wildman–Crippen LogP) is 3.67. The molecule has 1 aliphatic rings. The van der Waals surface area contributed by atoms with Gasteiger partial charge in [0.2, 0.25) is 0 Å². The van der Waals surface area contributed by atoms with Crippen LogP contribution in [0.1, 0.15) is 34.8 Å². The van der Waals surface area contributed by atoms with E-state index in [1.54, 1.807) is 18.2 Å². The molecule has 1 aromatic heterocycles. The zero-order valence-electron chi connectivity index (χ0n) is 14.6. The summed E-state index contributed by atoms with van der Waals surface area (Å²) in [5.41, 5.74) is 3.91. The van der Waals surface area contributed by atoms with Crippen LogP contribution in [0.3, 0.4) is 0 Å². The minimum atomic E-state index is -0.239. The molecule has 0 radical (unpaired) electrons. The number of benzene rings is 2. The molecule has 4 rings (SSSR count). The molecule has 5 heteroatoms. The molecular weight excluding hydrogens is 328 g/mol. The molecule has 2 aromatic carbocycles. The number of nitrogens with one attached hydrogen (secondary N) is 2. The topological polar surface area (TPSA) is 71.2 Å². The van der Waals surface area contributed by atoms with Gasteiger partial charge in [0.25, 0.3) is 11.5 Å². The molecule has 1 heterocycles. The zero-order chi connectivity index (χ0) is 18.1. The lowest BCUT2D eigenvalue weighted by Gasteiger charge is -2.11. The lowest BCUT2D eigenvalue weighted by atomic mass is 10.1. The van der Waals surface area contributed by atoms with E-state index in [2.05, 4.69) is 10.3 Å². The van der Waals surface area contributed by atoms with Gasteiger partial charge in [-0.05, 0) is 56.0 Å². The van der Waals surface area contributed by atoms with Gasteiger partial charge in [-0.3, -0.25) is 9.59 Å². The smallest absolute Gasteiger partial charge is 0.259 e. The van der Waals surface area contributed by atoms with Gasteiger partial charge in [0.1, 0.15) is 5.75 Å². The number of H-pyrrole nitrogens is 1. The Bertz CT molecular complexity index is 1050. The number of rotatable bonds is 4. The Balaban J connectivity index is 1.67. The van der Waals surface area contributed by atoms with E-state index in [1.807, 2.05) is 31.2 Å². The molecule has 0 atom stereocenters. The van der Waals surface area contributed by atoms with E-state index in [-0.39, 0.29) is 11.5 Å². The number of aromatic amines is 1. The molecule has 132 valence electrons. The minimum absolute atomic E-state index is 0.0184. The van der Waals surface area contributed by atoms with Crippen LogP contribution in [0.5, 0.6) is 5.75 Å². The first-order chi connectivity index (χ1) is 12.7. The number of para-hydroxylation sites is 1. The number of aryl methyl sites for hydroxylation is 1. The maximum Gasteiger partial charge on any atom is 0.259 e. The molecule has 2 N–H and O–H groups in total. The number of hydrogen-bond acceptors (Lipinski definition) is 3. The average molecular weight is 348 g/mol. The van der Waals surface area contributed by atoms with E-state index in [9.17, 15) is 9.59 Å². The lowest BCUT2D eigenvalue weighted by molar-refractivity contribution is 0.102. The van der Waals surface area contributed by atoms with Gasteiger partial charge in [-0.25, -0.2) is 0 Å². The monoisotopic (exact) mass is 348 g/mol. The normalized spacial score (nSPS) is 12.8. The lowest BCUT2D eigenvalue weighted by Crippen LogP contribution is -2.15. The van der Waals surface area contributed by atoms with Crippen molar-refractivity contribution in [3.8, 4) is 5.75 Å². The Labute approximate surface area is 151 Å². The minimum Gasteiger partial charge on any atom is -0.493 e. The number of pyridine rings is 1. The Morgan fingerprint density at radius 2 is 1.96 bits per heavy atom.